The van der Waals surface area contributed by atoms with E-state index in [9.17, 15) is 17.6 Å². The standard InChI is InChI=1S/C6H4F4N/c1-11-5(9)3(7)2-4(8)6(11)10/h5H,1H3. The van der Waals surface area contributed by atoms with E-state index in [1.807, 2.05) is 0 Å². The third kappa shape index (κ3) is 1.22. The first-order valence-electron chi connectivity index (χ1n) is 2.75. The van der Waals surface area contributed by atoms with Crippen LogP contribution >= 0.6 is 0 Å². The molecule has 0 amide bonds. The van der Waals surface area contributed by atoms with Crippen molar-refractivity contribution < 1.29 is 17.6 Å². The Hall–Kier alpha value is -1.00. The molecule has 1 unspecified atom stereocenters. The molecule has 1 heterocycles. The monoisotopic (exact) mass is 166 g/mol. The lowest BCUT2D eigenvalue weighted by molar-refractivity contribution is 0.112. The maximum absolute atomic E-state index is 12.4. The number of halogens is 4. The Kier molecular flexibility index (Phi) is 1.89. The van der Waals surface area contributed by atoms with Crippen LogP contribution in [-0.2, 0) is 0 Å². The van der Waals surface area contributed by atoms with Gasteiger partial charge in [0.15, 0.2) is 11.7 Å². The van der Waals surface area contributed by atoms with Crippen molar-refractivity contribution in [3.63, 3.8) is 0 Å². The summed E-state index contributed by atoms with van der Waals surface area (Å²) in [5.41, 5.74) is 0. The molecule has 11 heavy (non-hydrogen) atoms. The van der Waals surface area contributed by atoms with Gasteiger partial charge in [-0.2, -0.15) is 4.39 Å². The van der Waals surface area contributed by atoms with Crippen molar-refractivity contribution in [3.8, 4) is 0 Å². The fourth-order valence-electron chi connectivity index (χ4n) is 0.640. The van der Waals surface area contributed by atoms with Crippen molar-refractivity contribution in [1.82, 2.24) is 4.90 Å². The van der Waals surface area contributed by atoms with Crippen LogP contribution in [0.1, 0.15) is 0 Å². The van der Waals surface area contributed by atoms with Crippen molar-refractivity contribution in [1.29, 1.82) is 0 Å². The summed E-state index contributed by atoms with van der Waals surface area (Å²) < 4.78 is 49.1. The second-order valence-corrected chi connectivity index (χ2v) is 2.02. The number of hydrogen-bond acceptors (Lipinski definition) is 1. The van der Waals surface area contributed by atoms with E-state index < -0.39 is 23.9 Å². The average Bonchev–Trinajstić information content (AvgIpc) is 1.97. The number of alkyl halides is 1. The summed E-state index contributed by atoms with van der Waals surface area (Å²) in [4.78, 5) is 0.209. The largest absolute Gasteiger partial charge is 0.313 e. The number of likely N-dealkylation sites (N-methyl/N-ethyl adjacent to an activating group) is 1. The van der Waals surface area contributed by atoms with Gasteiger partial charge in [0.2, 0.25) is 12.2 Å². The predicted octanol–water partition coefficient (Wildman–Crippen LogP) is 1.99. The number of nitrogens with zero attached hydrogens (tertiary/aromatic N) is 1. The molecule has 0 saturated heterocycles. The first kappa shape index (κ1) is 8.10. The highest BCUT2D eigenvalue weighted by Crippen LogP contribution is 2.27. The van der Waals surface area contributed by atoms with Gasteiger partial charge < -0.3 is 4.90 Å². The van der Waals surface area contributed by atoms with Gasteiger partial charge in [0.25, 0.3) is 0 Å². The lowest BCUT2D eigenvalue weighted by Crippen LogP contribution is -2.29. The van der Waals surface area contributed by atoms with Gasteiger partial charge >= 0.3 is 0 Å². The van der Waals surface area contributed by atoms with Crippen LogP contribution in [-0.4, -0.2) is 18.2 Å². The van der Waals surface area contributed by atoms with E-state index in [0.29, 0.717) is 0 Å². The molecule has 1 aliphatic heterocycles. The Bertz CT molecular complexity index is 233. The minimum atomic E-state index is -2.27. The molecule has 1 atom stereocenters. The zero-order valence-electron chi connectivity index (χ0n) is 5.54. The Morgan fingerprint density at radius 3 is 2.45 bits per heavy atom. The molecule has 0 fully saturated rings. The fourth-order valence-corrected chi connectivity index (χ4v) is 0.640. The summed E-state index contributed by atoms with van der Waals surface area (Å²) >= 11 is 0. The zero-order valence-corrected chi connectivity index (χ0v) is 5.54. The molecule has 1 rings (SSSR count). The van der Waals surface area contributed by atoms with Crippen LogP contribution in [0.3, 0.4) is 0 Å². The minimum Gasteiger partial charge on any atom is -0.313 e. The van der Waals surface area contributed by atoms with E-state index >= 15 is 0 Å². The molecule has 1 radical (unpaired) electrons. The molecule has 0 aromatic heterocycles. The number of allylic oxidation sites excluding steroid dienone is 2. The summed E-state index contributed by atoms with van der Waals surface area (Å²) in [7, 11) is 0.903. The van der Waals surface area contributed by atoms with Crippen molar-refractivity contribution in [2.24, 2.45) is 0 Å². The first-order valence-corrected chi connectivity index (χ1v) is 2.75. The Balaban J connectivity index is 3.01. The summed E-state index contributed by atoms with van der Waals surface area (Å²) in [5.74, 6) is -4.41. The van der Waals surface area contributed by atoms with Crippen LogP contribution in [0.5, 0.6) is 0 Å². The lowest BCUT2D eigenvalue weighted by Gasteiger charge is -2.22. The van der Waals surface area contributed by atoms with Gasteiger partial charge in [0, 0.05) is 7.05 Å². The smallest absolute Gasteiger partial charge is 0.228 e. The third-order valence-corrected chi connectivity index (χ3v) is 1.27. The molecule has 61 valence electrons. The van der Waals surface area contributed by atoms with Gasteiger partial charge in [-0.1, -0.05) is 0 Å². The Morgan fingerprint density at radius 2 is 1.91 bits per heavy atom. The van der Waals surface area contributed by atoms with Crippen LogP contribution < -0.4 is 0 Å². The van der Waals surface area contributed by atoms with Crippen molar-refractivity contribution in [2.45, 2.75) is 6.30 Å². The third-order valence-electron chi connectivity index (χ3n) is 1.27. The molecule has 0 saturated carbocycles. The second kappa shape index (κ2) is 2.56. The first-order chi connectivity index (χ1) is 5.04. The Morgan fingerprint density at radius 1 is 1.36 bits per heavy atom. The topological polar surface area (TPSA) is 3.24 Å². The maximum atomic E-state index is 12.4. The van der Waals surface area contributed by atoms with Crippen LogP contribution in [0.4, 0.5) is 17.6 Å². The quantitative estimate of drug-likeness (QED) is 0.393. The Labute approximate surface area is 60.6 Å². The second-order valence-electron chi connectivity index (χ2n) is 2.02. The van der Waals surface area contributed by atoms with E-state index in [4.69, 9.17) is 0 Å². The summed E-state index contributed by atoms with van der Waals surface area (Å²) in [5, 5.41) is 0. The molecule has 0 aliphatic carbocycles. The average molecular weight is 166 g/mol. The molecule has 0 bridgehead atoms. The van der Waals surface area contributed by atoms with Gasteiger partial charge in [0.05, 0.1) is 6.08 Å². The lowest BCUT2D eigenvalue weighted by atomic mass is 10.3. The van der Waals surface area contributed by atoms with E-state index in [0.717, 1.165) is 7.05 Å². The minimum absolute atomic E-state index is 0.209. The number of hydrogen-bond donors (Lipinski definition) is 0. The van der Waals surface area contributed by atoms with Gasteiger partial charge in [-0.15, -0.1) is 0 Å². The van der Waals surface area contributed by atoms with Crippen LogP contribution in [0.2, 0.25) is 0 Å². The zero-order chi connectivity index (χ0) is 8.59. The molecule has 0 spiro atoms. The molecule has 0 aromatic rings. The molecular weight excluding hydrogens is 162 g/mol. The summed E-state index contributed by atoms with van der Waals surface area (Å²) in [6.45, 7) is 0. The SMILES string of the molecule is CN1C(F)=C(F)[C]=C(F)C1F. The number of rotatable bonds is 0. The van der Waals surface area contributed by atoms with E-state index in [1.54, 1.807) is 0 Å². The highest BCUT2D eigenvalue weighted by Gasteiger charge is 2.28. The van der Waals surface area contributed by atoms with Gasteiger partial charge in [0.1, 0.15) is 0 Å². The maximum Gasteiger partial charge on any atom is 0.228 e. The molecule has 0 N–H and O–H groups in total. The highest BCUT2D eigenvalue weighted by molar-refractivity contribution is 5.18. The van der Waals surface area contributed by atoms with E-state index in [1.165, 1.54) is 6.08 Å². The molecule has 0 aromatic carbocycles. The molecule has 5 heteroatoms. The van der Waals surface area contributed by atoms with Gasteiger partial charge in [-0.25, -0.2) is 13.2 Å². The van der Waals surface area contributed by atoms with Crippen LogP contribution in [0, 0.1) is 6.08 Å². The fraction of sp³-hybridized carbons (Fsp3) is 0.333. The molecular formula is C6H4F4N. The van der Waals surface area contributed by atoms with Crippen LogP contribution in [0.25, 0.3) is 0 Å². The summed E-state index contributed by atoms with van der Waals surface area (Å²) in [6.07, 6.45) is -0.989. The molecule has 1 aliphatic rings. The van der Waals surface area contributed by atoms with E-state index in [2.05, 4.69) is 0 Å². The summed E-state index contributed by atoms with van der Waals surface area (Å²) in [6, 6.07) is 0. The van der Waals surface area contributed by atoms with Crippen molar-refractivity contribution in [2.75, 3.05) is 7.05 Å². The van der Waals surface area contributed by atoms with Crippen molar-refractivity contribution in [3.05, 3.63) is 23.7 Å². The van der Waals surface area contributed by atoms with Crippen molar-refractivity contribution >= 4 is 0 Å². The molecule has 1 nitrogen and oxygen atoms in total. The van der Waals surface area contributed by atoms with Gasteiger partial charge in [-0.05, 0) is 0 Å². The normalized spacial score (nSPS) is 25.7. The van der Waals surface area contributed by atoms with Gasteiger partial charge in [-0.3, -0.25) is 0 Å². The highest BCUT2D eigenvalue weighted by atomic mass is 19.2. The van der Waals surface area contributed by atoms with Crippen LogP contribution in [0.15, 0.2) is 17.6 Å². The van der Waals surface area contributed by atoms with E-state index in [-0.39, 0.29) is 4.90 Å². The predicted molar refractivity (Wildman–Crippen MR) is 29.8 cm³/mol.